The number of carbonyl (C=O) groups excluding carboxylic acids is 2. The number of carbonyl (C=O) groups is 2. The molecule has 2 amide bonds. The molecule has 1 unspecified atom stereocenters. The smallest absolute Gasteiger partial charge is 0.253 e. The van der Waals surface area contributed by atoms with E-state index in [0.29, 0.717) is 43.7 Å². The zero-order chi connectivity index (χ0) is 22.6. The van der Waals surface area contributed by atoms with Gasteiger partial charge >= 0.3 is 0 Å². The van der Waals surface area contributed by atoms with Gasteiger partial charge in [0, 0.05) is 30.9 Å². The van der Waals surface area contributed by atoms with Crippen LogP contribution in [-0.4, -0.2) is 36.3 Å². The number of benzene rings is 3. The van der Waals surface area contributed by atoms with Crippen molar-refractivity contribution >= 4 is 17.5 Å². The Kier molecular flexibility index (Phi) is 6.26. The number of amides is 2. The van der Waals surface area contributed by atoms with E-state index in [2.05, 4.69) is 35.6 Å². The summed E-state index contributed by atoms with van der Waals surface area (Å²) in [5.41, 5.74) is 9.70. The van der Waals surface area contributed by atoms with Crippen molar-refractivity contribution in [2.75, 3.05) is 25.4 Å². The highest BCUT2D eigenvalue weighted by Crippen LogP contribution is 2.36. The minimum Gasteiger partial charge on any atom is -0.399 e. The number of likely N-dealkylation sites (tertiary alicyclic amines) is 1. The van der Waals surface area contributed by atoms with E-state index in [4.69, 9.17) is 5.73 Å². The molecule has 0 saturated carbocycles. The Bertz CT molecular complexity index is 1100. The molecule has 0 spiro atoms. The summed E-state index contributed by atoms with van der Waals surface area (Å²) in [4.78, 5) is 28.1. The molecule has 3 N–H and O–H groups in total. The number of anilines is 1. The molecule has 32 heavy (non-hydrogen) atoms. The molecule has 164 valence electrons. The molecule has 0 radical (unpaired) electrons. The lowest BCUT2D eigenvalue weighted by atomic mass is 9.79. The minimum absolute atomic E-state index is 0.0118. The lowest BCUT2D eigenvalue weighted by Gasteiger charge is -2.28. The van der Waals surface area contributed by atoms with Gasteiger partial charge in [0.1, 0.15) is 0 Å². The number of nitrogens with zero attached hydrogens (tertiary/aromatic N) is 1. The van der Waals surface area contributed by atoms with Gasteiger partial charge in [-0.2, -0.15) is 0 Å². The highest BCUT2D eigenvalue weighted by molar-refractivity contribution is 5.95. The van der Waals surface area contributed by atoms with Crippen molar-refractivity contribution < 1.29 is 9.59 Å². The highest BCUT2D eigenvalue weighted by atomic mass is 16.2. The molecule has 3 aromatic rings. The molecular formula is C27H29N3O2. The van der Waals surface area contributed by atoms with Gasteiger partial charge in [-0.05, 0) is 60.7 Å². The van der Waals surface area contributed by atoms with Gasteiger partial charge in [-0.1, -0.05) is 54.6 Å². The third-order valence-corrected chi connectivity index (χ3v) is 6.19. The number of rotatable bonds is 6. The first kappa shape index (κ1) is 21.6. The van der Waals surface area contributed by atoms with E-state index in [1.807, 2.05) is 31.2 Å². The maximum atomic E-state index is 13.2. The second-order valence-electron chi connectivity index (χ2n) is 8.48. The Labute approximate surface area is 189 Å². The fourth-order valence-corrected chi connectivity index (χ4v) is 4.49. The van der Waals surface area contributed by atoms with E-state index in [1.165, 1.54) is 0 Å². The maximum absolute atomic E-state index is 13.2. The Morgan fingerprint density at radius 3 is 2.41 bits per heavy atom. The second-order valence-corrected chi connectivity index (χ2v) is 8.48. The monoisotopic (exact) mass is 427 g/mol. The summed E-state index contributed by atoms with van der Waals surface area (Å²) in [7, 11) is 0. The third-order valence-electron chi connectivity index (χ3n) is 6.19. The molecule has 1 atom stereocenters. The van der Waals surface area contributed by atoms with Crippen LogP contribution in [0.1, 0.15) is 29.3 Å². The van der Waals surface area contributed by atoms with Crippen molar-refractivity contribution in [3.63, 3.8) is 0 Å². The first-order valence-electron chi connectivity index (χ1n) is 11.1. The predicted molar refractivity (Wildman–Crippen MR) is 128 cm³/mol. The van der Waals surface area contributed by atoms with E-state index >= 15 is 0 Å². The van der Waals surface area contributed by atoms with Crippen LogP contribution in [-0.2, 0) is 11.2 Å². The maximum Gasteiger partial charge on any atom is 0.253 e. The standard InChI is InChI=1S/C27H29N3O2/c1-2-29-26(32)27(15-16-30(19-27)25(31)22-11-13-24(28)14-12-22)18-20-7-6-10-23(17-20)21-8-4-3-5-9-21/h3-14,17H,2,15-16,18-19,28H2,1H3,(H,29,32). The summed E-state index contributed by atoms with van der Waals surface area (Å²) in [5.74, 6) is -0.0491. The lowest BCUT2D eigenvalue weighted by molar-refractivity contribution is -0.130. The Hall–Kier alpha value is -3.60. The Balaban J connectivity index is 1.59. The first-order chi connectivity index (χ1) is 15.5. The van der Waals surface area contributed by atoms with Crippen molar-refractivity contribution in [1.82, 2.24) is 10.2 Å². The summed E-state index contributed by atoms with van der Waals surface area (Å²) in [5, 5.41) is 3.01. The number of hydrogen-bond acceptors (Lipinski definition) is 3. The summed E-state index contributed by atoms with van der Waals surface area (Å²) >= 11 is 0. The zero-order valence-electron chi connectivity index (χ0n) is 18.4. The molecule has 1 saturated heterocycles. The van der Waals surface area contributed by atoms with Crippen molar-refractivity contribution in [3.8, 4) is 11.1 Å². The van der Waals surface area contributed by atoms with Crippen molar-refractivity contribution in [2.24, 2.45) is 5.41 Å². The lowest BCUT2D eigenvalue weighted by Crippen LogP contribution is -2.45. The molecule has 1 fully saturated rings. The quantitative estimate of drug-likeness (QED) is 0.581. The van der Waals surface area contributed by atoms with Gasteiger partial charge in [-0.3, -0.25) is 9.59 Å². The number of nitrogens with two attached hydrogens (primary N) is 1. The molecule has 4 rings (SSSR count). The molecule has 5 nitrogen and oxygen atoms in total. The third kappa shape index (κ3) is 4.52. The molecule has 1 heterocycles. The summed E-state index contributed by atoms with van der Waals surface area (Å²) in [6.45, 7) is 3.45. The SMILES string of the molecule is CCNC(=O)C1(Cc2cccc(-c3ccccc3)c2)CCN(C(=O)c2ccc(N)cc2)C1. The van der Waals surface area contributed by atoms with Gasteiger partial charge in [0.25, 0.3) is 5.91 Å². The van der Waals surface area contributed by atoms with E-state index in [9.17, 15) is 9.59 Å². The van der Waals surface area contributed by atoms with Crippen molar-refractivity contribution in [2.45, 2.75) is 19.8 Å². The van der Waals surface area contributed by atoms with Gasteiger partial charge in [0.15, 0.2) is 0 Å². The summed E-state index contributed by atoms with van der Waals surface area (Å²) in [6.07, 6.45) is 1.22. The van der Waals surface area contributed by atoms with Gasteiger partial charge < -0.3 is 16.0 Å². The Morgan fingerprint density at radius 1 is 0.969 bits per heavy atom. The fourth-order valence-electron chi connectivity index (χ4n) is 4.49. The fraction of sp³-hybridized carbons (Fsp3) is 0.259. The highest BCUT2D eigenvalue weighted by Gasteiger charge is 2.45. The second kappa shape index (κ2) is 9.27. The molecule has 0 bridgehead atoms. The van der Waals surface area contributed by atoms with Crippen LogP contribution >= 0.6 is 0 Å². The van der Waals surface area contributed by atoms with E-state index in [-0.39, 0.29) is 11.8 Å². The van der Waals surface area contributed by atoms with Gasteiger partial charge in [0.05, 0.1) is 5.41 Å². The molecule has 1 aliphatic rings. The van der Waals surface area contributed by atoms with Crippen LogP contribution in [0.3, 0.4) is 0 Å². The molecule has 5 heteroatoms. The van der Waals surface area contributed by atoms with Crippen LogP contribution in [0, 0.1) is 5.41 Å². The summed E-state index contributed by atoms with van der Waals surface area (Å²) in [6, 6.07) is 25.5. The largest absolute Gasteiger partial charge is 0.399 e. The molecule has 1 aliphatic heterocycles. The van der Waals surface area contributed by atoms with Crippen LogP contribution in [0.5, 0.6) is 0 Å². The topological polar surface area (TPSA) is 75.4 Å². The predicted octanol–water partition coefficient (Wildman–Crippen LogP) is 4.15. The number of nitrogens with one attached hydrogen (secondary N) is 1. The average Bonchev–Trinajstić information content (AvgIpc) is 3.25. The van der Waals surface area contributed by atoms with Crippen molar-refractivity contribution in [1.29, 1.82) is 0 Å². The Morgan fingerprint density at radius 2 is 1.69 bits per heavy atom. The molecular weight excluding hydrogens is 398 g/mol. The summed E-state index contributed by atoms with van der Waals surface area (Å²) < 4.78 is 0. The van der Waals surface area contributed by atoms with E-state index < -0.39 is 5.41 Å². The van der Waals surface area contributed by atoms with E-state index in [0.717, 1.165) is 16.7 Å². The zero-order valence-corrected chi connectivity index (χ0v) is 18.4. The van der Waals surface area contributed by atoms with Crippen LogP contribution < -0.4 is 11.1 Å². The van der Waals surface area contributed by atoms with Crippen LogP contribution in [0.25, 0.3) is 11.1 Å². The van der Waals surface area contributed by atoms with Gasteiger partial charge in [-0.15, -0.1) is 0 Å². The van der Waals surface area contributed by atoms with Crippen LogP contribution in [0.15, 0.2) is 78.9 Å². The average molecular weight is 428 g/mol. The van der Waals surface area contributed by atoms with Crippen LogP contribution in [0.2, 0.25) is 0 Å². The molecule has 0 aliphatic carbocycles. The van der Waals surface area contributed by atoms with Gasteiger partial charge in [0.2, 0.25) is 5.91 Å². The van der Waals surface area contributed by atoms with Gasteiger partial charge in [-0.25, -0.2) is 0 Å². The number of hydrogen-bond donors (Lipinski definition) is 2. The minimum atomic E-state index is -0.644. The van der Waals surface area contributed by atoms with E-state index in [1.54, 1.807) is 29.2 Å². The molecule has 3 aromatic carbocycles. The van der Waals surface area contributed by atoms with Crippen molar-refractivity contribution in [3.05, 3.63) is 90.0 Å². The normalized spacial score (nSPS) is 17.8. The van der Waals surface area contributed by atoms with Crippen LogP contribution in [0.4, 0.5) is 5.69 Å². The molecule has 0 aromatic heterocycles. The first-order valence-corrected chi connectivity index (χ1v) is 11.1. The number of nitrogen functional groups attached to an aromatic ring is 1.